The monoisotopic (exact) mass is 248 g/mol. The number of amides is 1. The molecule has 2 rings (SSSR count). The number of nitrogens with two attached hydrogens (primary N) is 2. The molecule has 0 aromatic carbocycles. The van der Waals surface area contributed by atoms with Gasteiger partial charge in [-0.05, 0) is 24.5 Å². The van der Waals surface area contributed by atoms with E-state index < -0.39 is 5.91 Å². The third kappa shape index (κ3) is 2.61. The average molecular weight is 248 g/mol. The third-order valence-corrected chi connectivity index (χ3v) is 3.67. The molecule has 0 radical (unpaired) electrons. The fraction of sp³-hybridized carbons (Fsp3) is 0.538. The lowest BCUT2D eigenvalue weighted by molar-refractivity contribution is 0.1000. The van der Waals surface area contributed by atoms with Gasteiger partial charge in [0, 0.05) is 25.3 Å². The highest BCUT2D eigenvalue weighted by Gasteiger charge is 2.25. The molecule has 2 atom stereocenters. The molecule has 1 saturated heterocycles. The highest BCUT2D eigenvalue weighted by atomic mass is 16.1. The van der Waals surface area contributed by atoms with Gasteiger partial charge < -0.3 is 16.4 Å². The third-order valence-electron chi connectivity index (χ3n) is 3.67. The van der Waals surface area contributed by atoms with Gasteiger partial charge in [-0.1, -0.05) is 13.3 Å². The molecule has 2 heterocycles. The van der Waals surface area contributed by atoms with Crippen molar-refractivity contribution in [2.45, 2.75) is 25.8 Å². The normalized spacial score (nSPS) is 24.0. The molecule has 1 aliphatic rings. The summed E-state index contributed by atoms with van der Waals surface area (Å²) in [5.74, 6) is 0.961. The van der Waals surface area contributed by atoms with Crippen molar-refractivity contribution < 1.29 is 4.79 Å². The molecule has 0 bridgehead atoms. The van der Waals surface area contributed by atoms with Gasteiger partial charge >= 0.3 is 0 Å². The van der Waals surface area contributed by atoms with E-state index in [-0.39, 0.29) is 6.04 Å². The molecule has 1 amide bonds. The van der Waals surface area contributed by atoms with Gasteiger partial charge in [0.05, 0.1) is 5.56 Å². The van der Waals surface area contributed by atoms with Crippen molar-refractivity contribution in [1.82, 2.24) is 4.98 Å². The maximum atomic E-state index is 11.0. The highest BCUT2D eigenvalue weighted by Crippen LogP contribution is 2.22. The Balaban J connectivity index is 2.09. The Bertz CT molecular complexity index is 418. The van der Waals surface area contributed by atoms with E-state index in [0.29, 0.717) is 11.5 Å². The van der Waals surface area contributed by atoms with Crippen LogP contribution in [-0.2, 0) is 0 Å². The van der Waals surface area contributed by atoms with Crippen LogP contribution in [0.5, 0.6) is 0 Å². The molecule has 0 saturated carbocycles. The van der Waals surface area contributed by atoms with Crippen molar-refractivity contribution in [3.05, 3.63) is 23.9 Å². The topological polar surface area (TPSA) is 85.2 Å². The Kier molecular flexibility index (Phi) is 3.81. The van der Waals surface area contributed by atoms with Crippen molar-refractivity contribution in [3.63, 3.8) is 0 Å². The Morgan fingerprint density at radius 2 is 2.33 bits per heavy atom. The van der Waals surface area contributed by atoms with Crippen LogP contribution in [0.15, 0.2) is 18.3 Å². The Morgan fingerprint density at radius 1 is 1.56 bits per heavy atom. The summed E-state index contributed by atoms with van der Waals surface area (Å²) < 4.78 is 0. The second-order valence-corrected chi connectivity index (χ2v) is 4.84. The van der Waals surface area contributed by atoms with Gasteiger partial charge in [0.2, 0.25) is 5.91 Å². The summed E-state index contributed by atoms with van der Waals surface area (Å²) in [6.45, 7) is 4.01. The van der Waals surface area contributed by atoms with Gasteiger partial charge in [-0.15, -0.1) is 0 Å². The first-order valence-electron chi connectivity index (χ1n) is 6.38. The van der Waals surface area contributed by atoms with Crippen molar-refractivity contribution >= 4 is 11.7 Å². The summed E-state index contributed by atoms with van der Waals surface area (Å²) in [6, 6.07) is 3.86. The molecule has 2 unspecified atom stereocenters. The Hall–Kier alpha value is -1.62. The zero-order valence-corrected chi connectivity index (χ0v) is 10.7. The van der Waals surface area contributed by atoms with Crippen molar-refractivity contribution in [2.24, 2.45) is 17.4 Å². The maximum Gasteiger partial charge on any atom is 0.250 e. The van der Waals surface area contributed by atoms with Gasteiger partial charge in [-0.2, -0.15) is 0 Å². The summed E-state index contributed by atoms with van der Waals surface area (Å²) >= 11 is 0. The summed E-state index contributed by atoms with van der Waals surface area (Å²) in [4.78, 5) is 17.5. The molecule has 98 valence electrons. The maximum absolute atomic E-state index is 11.0. The first-order valence-corrected chi connectivity index (χ1v) is 6.38. The SMILES string of the molecule is CCC1CN(c2ccc(C(N)=O)cn2)CCC1N. The molecule has 1 aliphatic heterocycles. The number of aromatic nitrogens is 1. The molecular weight excluding hydrogens is 228 g/mol. The van der Waals surface area contributed by atoms with E-state index >= 15 is 0 Å². The molecule has 5 heteroatoms. The number of carbonyl (C=O) groups is 1. The predicted molar refractivity (Wildman–Crippen MR) is 71.3 cm³/mol. The lowest BCUT2D eigenvalue weighted by atomic mass is 9.91. The number of pyridine rings is 1. The second kappa shape index (κ2) is 5.35. The van der Waals surface area contributed by atoms with Crippen molar-refractivity contribution in [3.8, 4) is 0 Å². The number of primary amides is 1. The molecule has 1 aromatic rings. The van der Waals surface area contributed by atoms with E-state index in [1.807, 2.05) is 6.07 Å². The lowest BCUT2D eigenvalue weighted by Crippen LogP contribution is -2.47. The van der Waals surface area contributed by atoms with E-state index in [1.165, 1.54) is 6.20 Å². The smallest absolute Gasteiger partial charge is 0.250 e. The second-order valence-electron chi connectivity index (χ2n) is 4.84. The molecular formula is C13H20N4O. The van der Waals surface area contributed by atoms with Crippen molar-refractivity contribution in [1.29, 1.82) is 0 Å². The number of rotatable bonds is 3. The van der Waals surface area contributed by atoms with Crippen LogP contribution in [0, 0.1) is 5.92 Å². The quantitative estimate of drug-likeness (QED) is 0.826. The highest BCUT2D eigenvalue weighted by molar-refractivity contribution is 5.92. The first-order chi connectivity index (χ1) is 8.61. The number of anilines is 1. The fourth-order valence-electron chi connectivity index (χ4n) is 2.41. The molecule has 1 fully saturated rings. The number of hydrogen-bond acceptors (Lipinski definition) is 4. The van der Waals surface area contributed by atoms with Crippen LogP contribution < -0.4 is 16.4 Å². The van der Waals surface area contributed by atoms with E-state index in [0.717, 1.165) is 31.7 Å². The minimum absolute atomic E-state index is 0.288. The minimum atomic E-state index is -0.443. The number of nitrogens with zero attached hydrogens (tertiary/aromatic N) is 2. The van der Waals surface area contributed by atoms with E-state index in [2.05, 4.69) is 16.8 Å². The van der Waals surface area contributed by atoms with Gasteiger partial charge in [0.1, 0.15) is 5.82 Å². The molecule has 0 aliphatic carbocycles. The average Bonchev–Trinajstić information content (AvgIpc) is 2.39. The summed E-state index contributed by atoms with van der Waals surface area (Å²) in [6.07, 6.45) is 3.60. The van der Waals surface area contributed by atoms with Crippen LogP contribution >= 0.6 is 0 Å². The molecule has 1 aromatic heterocycles. The first kappa shape index (κ1) is 12.8. The van der Waals surface area contributed by atoms with Crippen LogP contribution in [0.4, 0.5) is 5.82 Å². The summed E-state index contributed by atoms with van der Waals surface area (Å²) in [7, 11) is 0. The van der Waals surface area contributed by atoms with Crippen LogP contribution in [0.25, 0.3) is 0 Å². The minimum Gasteiger partial charge on any atom is -0.366 e. The number of hydrogen-bond donors (Lipinski definition) is 2. The standard InChI is InChI=1S/C13H20N4O/c1-2-9-8-17(6-5-11(9)14)12-4-3-10(7-16-12)13(15)18/h3-4,7,9,11H,2,5-6,8,14H2,1H3,(H2,15,18). The zero-order valence-electron chi connectivity index (χ0n) is 10.7. The predicted octanol–water partition coefficient (Wildman–Crippen LogP) is 0.744. The Morgan fingerprint density at radius 3 is 2.89 bits per heavy atom. The van der Waals surface area contributed by atoms with Crippen molar-refractivity contribution in [2.75, 3.05) is 18.0 Å². The van der Waals surface area contributed by atoms with E-state index in [4.69, 9.17) is 11.5 Å². The van der Waals surface area contributed by atoms with Gasteiger partial charge in [-0.3, -0.25) is 4.79 Å². The van der Waals surface area contributed by atoms with Gasteiger partial charge in [0.25, 0.3) is 0 Å². The Labute approximate surface area is 107 Å². The van der Waals surface area contributed by atoms with Gasteiger partial charge in [-0.25, -0.2) is 4.98 Å². The summed E-state index contributed by atoms with van der Waals surface area (Å²) in [5.41, 5.74) is 11.7. The number of piperidine rings is 1. The number of carbonyl (C=O) groups excluding carboxylic acids is 1. The molecule has 0 spiro atoms. The zero-order chi connectivity index (χ0) is 13.1. The van der Waals surface area contributed by atoms with Crippen LogP contribution in [0.3, 0.4) is 0 Å². The lowest BCUT2D eigenvalue weighted by Gasteiger charge is -2.37. The molecule has 5 nitrogen and oxygen atoms in total. The van der Waals surface area contributed by atoms with Crippen LogP contribution in [0.2, 0.25) is 0 Å². The largest absolute Gasteiger partial charge is 0.366 e. The van der Waals surface area contributed by atoms with Gasteiger partial charge in [0.15, 0.2) is 0 Å². The summed E-state index contributed by atoms with van der Waals surface area (Å²) in [5, 5.41) is 0. The fourth-order valence-corrected chi connectivity index (χ4v) is 2.41. The molecule has 4 N–H and O–H groups in total. The molecule has 18 heavy (non-hydrogen) atoms. The van der Waals surface area contributed by atoms with Crippen LogP contribution in [0.1, 0.15) is 30.1 Å². The van der Waals surface area contributed by atoms with E-state index in [1.54, 1.807) is 6.07 Å². The van der Waals surface area contributed by atoms with E-state index in [9.17, 15) is 4.79 Å². The van der Waals surface area contributed by atoms with Crippen LogP contribution in [-0.4, -0.2) is 30.0 Å².